The first-order valence-electron chi connectivity index (χ1n) is 7.60. The Bertz CT molecular complexity index is 571. The summed E-state index contributed by atoms with van der Waals surface area (Å²) in [6.45, 7) is 7.32. The van der Waals surface area contributed by atoms with Gasteiger partial charge in [0.15, 0.2) is 0 Å². The van der Waals surface area contributed by atoms with E-state index in [2.05, 4.69) is 18.7 Å². The number of hydrogen-bond donors (Lipinski definition) is 4. The third-order valence-electron chi connectivity index (χ3n) is 3.13. The van der Waals surface area contributed by atoms with E-state index in [0.717, 1.165) is 32.1 Å². The van der Waals surface area contributed by atoms with Crippen molar-refractivity contribution in [1.29, 1.82) is 0 Å². The number of carbonyl (C=O) groups is 3. The molecule has 0 aliphatic carbocycles. The lowest BCUT2D eigenvalue weighted by atomic mass is 10.2. The largest absolute Gasteiger partial charge is 0.508 e. The molecular weight excluding hydrogens is 334 g/mol. The molecule has 0 atom stereocenters. The predicted octanol–water partition coefficient (Wildman–Crippen LogP) is 1.14. The number of ether oxygens (including phenoxy) is 1. The number of hydrogen-bond acceptors (Lipinski definition) is 7. The van der Waals surface area contributed by atoms with Gasteiger partial charge in [-0.3, -0.25) is 0 Å². The van der Waals surface area contributed by atoms with Gasteiger partial charge in [-0.15, -0.1) is 0 Å². The zero-order valence-corrected chi connectivity index (χ0v) is 14.1. The Morgan fingerprint density at radius 3 is 2.04 bits per heavy atom. The Kier molecular flexibility index (Phi) is 10.4. The lowest BCUT2D eigenvalue weighted by Crippen LogP contribution is -2.25. The summed E-state index contributed by atoms with van der Waals surface area (Å²) in [5.41, 5.74) is 0.0700. The normalized spacial score (nSPS) is 9.88. The van der Waals surface area contributed by atoms with E-state index in [1.54, 1.807) is 0 Å². The minimum atomic E-state index is -1.82. The van der Waals surface area contributed by atoms with Crippen LogP contribution in [-0.4, -0.2) is 69.5 Å². The molecule has 1 aromatic rings. The zero-order valence-electron chi connectivity index (χ0n) is 14.1. The first-order chi connectivity index (χ1) is 11.7. The maximum absolute atomic E-state index is 11.7. The van der Waals surface area contributed by atoms with Gasteiger partial charge in [-0.05, 0) is 31.6 Å². The Morgan fingerprint density at radius 2 is 1.60 bits per heavy atom. The number of carbonyl (C=O) groups excluding carboxylic acids is 1. The lowest BCUT2D eigenvalue weighted by molar-refractivity contribution is -0.159. The van der Waals surface area contributed by atoms with Gasteiger partial charge in [0.25, 0.3) is 0 Å². The van der Waals surface area contributed by atoms with E-state index < -0.39 is 17.9 Å². The summed E-state index contributed by atoms with van der Waals surface area (Å²) in [6, 6.07) is 3.80. The smallest absolute Gasteiger partial charge is 0.414 e. The van der Waals surface area contributed by atoms with Crippen molar-refractivity contribution in [2.45, 2.75) is 20.3 Å². The molecular formula is C16H23NO8. The molecule has 9 nitrogen and oxygen atoms in total. The van der Waals surface area contributed by atoms with Crippen molar-refractivity contribution >= 4 is 17.9 Å². The van der Waals surface area contributed by atoms with Gasteiger partial charge in [0.1, 0.15) is 17.1 Å². The van der Waals surface area contributed by atoms with Crippen LogP contribution in [0.5, 0.6) is 11.5 Å². The second-order valence-corrected chi connectivity index (χ2v) is 4.83. The zero-order chi connectivity index (χ0) is 19.4. The third kappa shape index (κ3) is 9.16. The molecule has 0 aromatic heterocycles. The molecule has 9 heteroatoms. The quantitative estimate of drug-likeness (QED) is 0.321. The summed E-state index contributed by atoms with van der Waals surface area (Å²) < 4.78 is 5.08. The van der Waals surface area contributed by atoms with Gasteiger partial charge in [-0.25, -0.2) is 14.4 Å². The standard InChI is InChI=1S/C14H21NO4.C2H2O4/c1-3-15(4-2)8-5-9-19-14(18)12-7-6-11(16)10-13(12)17;3-1(4)2(5)6/h6-7,10,16-17H,3-5,8-9H2,1-2H3;(H,3,4)(H,5,6). The second kappa shape index (κ2) is 11.7. The fourth-order valence-corrected chi connectivity index (χ4v) is 1.76. The number of phenolic OH excluding ortho intramolecular Hbond substituents is 2. The molecule has 0 heterocycles. The van der Waals surface area contributed by atoms with Crippen LogP contribution in [0.15, 0.2) is 18.2 Å². The third-order valence-corrected chi connectivity index (χ3v) is 3.13. The van der Waals surface area contributed by atoms with Crippen LogP contribution in [0.4, 0.5) is 0 Å². The second-order valence-electron chi connectivity index (χ2n) is 4.83. The number of rotatable bonds is 7. The minimum Gasteiger partial charge on any atom is -0.508 e. The van der Waals surface area contributed by atoms with Crippen molar-refractivity contribution < 1.29 is 39.5 Å². The number of aromatic hydroxyl groups is 2. The average Bonchev–Trinajstić information content (AvgIpc) is 2.55. The number of nitrogens with zero attached hydrogens (tertiary/aromatic N) is 1. The van der Waals surface area contributed by atoms with Gasteiger partial charge >= 0.3 is 17.9 Å². The number of carboxylic acids is 2. The van der Waals surface area contributed by atoms with E-state index >= 15 is 0 Å². The SMILES string of the molecule is CCN(CC)CCCOC(=O)c1ccc(O)cc1O.O=C(O)C(=O)O. The van der Waals surface area contributed by atoms with E-state index in [4.69, 9.17) is 29.6 Å². The number of aliphatic carboxylic acids is 2. The molecule has 0 fully saturated rings. The molecule has 25 heavy (non-hydrogen) atoms. The van der Waals surface area contributed by atoms with Crippen LogP contribution in [0, 0.1) is 0 Å². The van der Waals surface area contributed by atoms with Gasteiger partial charge in [-0.2, -0.15) is 0 Å². The number of benzene rings is 1. The summed E-state index contributed by atoms with van der Waals surface area (Å²) in [6.07, 6.45) is 0.756. The molecule has 0 aliphatic heterocycles. The summed E-state index contributed by atoms with van der Waals surface area (Å²) in [7, 11) is 0. The molecule has 0 unspecified atom stereocenters. The van der Waals surface area contributed by atoms with E-state index in [1.165, 1.54) is 12.1 Å². The molecule has 0 aliphatic rings. The van der Waals surface area contributed by atoms with Crippen molar-refractivity contribution in [2.24, 2.45) is 0 Å². The van der Waals surface area contributed by atoms with Gasteiger partial charge in [0.2, 0.25) is 0 Å². The first-order valence-corrected chi connectivity index (χ1v) is 7.60. The molecule has 0 saturated heterocycles. The highest BCUT2D eigenvalue weighted by Crippen LogP contribution is 2.23. The Hall–Kier alpha value is -2.81. The molecule has 1 aromatic carbocycles. The van der Waals surface area contributed by atoms with E-state index in [9.17, 15) is 9.90 Å². The predicted molar refractivity (Wildman–Crippen MR) is 87.7 cm³/mol. The van der Waals surface area contributed by atoms with Gasteiger partial charge in [0.05, 0.1) is 6.61 Å². The van der Waals surface area contributed by atoms with Crippen LogP contribution < -0.4 is 0 Å². The van der Waals surface area contributed by atoms with Crippen LogP contribution in [0.3, 0.4) is 0 Å². The van der Waals surface area contributed by atoms with Crippen molar-refractivity contribution in [2.75, 3.05) is 26.2 Å². The molecule has 1 rings (SSSR count). The van der Waals surface area contributed by atoms with Crippen molar-refractivity contribution in [1.82, 2.24) is 4.90 Å². The molecule has 140 valence electrons. The fraction of sp³-hybridized carbons (Fsp3) is 0.438. The van der Waals surface area contributed by atoms with E-state index in [-0.39, 0.29) is 17.1 Å². The Labute approximate surface area is 145 Å². The maximum Gasteiger partial charge on any atom is 0.414 e. The van der Waals surface area contributed by atoms with Crippen LogP contribution in [0.2, 0.25) is 0 Å². The van der Waals surface area contributed by atoms with Crippen LogP contribution in [-0.2, 0) is 14.3 Å². The summed E-state index contributed by atoms with van der Waals surface area (Å²) in [5.74, 6) is -4.58. The maximum atomic E-state index is 11.7. The van der Waals surface area contributed by atoms with Gasteiger partial charge in [0, 0.05) is 12.6 Å². The average molecular weight is 357 g/mol. The minimum absolute atomic E-state index is 0.0700. The fourth-order valence-electron chi connectivity index (χ4n) is 1.76. The van der Waals surface area contributed by atoms with E-state index in [0.29, 0.717) is 6.61 Å². The van der Waals surface area contributed by atoms with Gasteiger partial charge in [-0.1, -0.05) is 13.8 Å². The monoisotopic (exact) mass is 357 g/mol. The van der Waals surface area contributed by atoms with E-state index in [1.807, 2.05) is 0 Å². The summed E-state index contributed by atoms with van der Waals surface area (Å²) in [5, 5.41) is 33.4. The highest BCUT2D eigenvalue weighted by Gasteiger charge is 2.13. The van der Waals surface area contributed by atoms with Crippen LogP contribution in [0.25, 0.3) is 0 Å². The highest BCUT2D eigenvalue weighted by molar-refractivity contribution is 6.27. The topological polar surface area (TPSA) is 145 Å². The number of carboxylic acid groups (broad SMARTS) is 2. The Balaban J connectivity index is 0.000000823. The summed E-state index contributed by atoms with van der Waals surface area (Å²) in [4.78, 5) is 32.1. The molecule has 4 N–H and O–H groups in total. The molecule has 0 radical (unpaired) electrons. The lowest BCUT2D eigenvalue weighted by Gasteiger charge is -2.17. The van der Waals surface area contributed by atoms with Crippen molar-refractivity contribution in [3.63, 3.8) is 0 Å². The van der Waals surface area contributed by atoms with Crippen molar-refractivity contribution in [3.8, 4) is 11.5 Å². The molecule has 0 amide bonds. The number of esters is 1. The van der Waals surface area contributed by atoms with Crippen LogP contribution >= 0.6 is 0 Å². The van der Waals surface area contributed by atoms with Crippen molar-refractivity contribution in [3.05, 3.63) is 23.8 Å². The molecule has 0 saturated carbocycles. The molecule has 0 spiro atoms. The Morgan fingerprint density at radius 1 is 1.04 bits per heavy atom. The summed E-state index contributed by atoms with van der Waals surface area (Å²) >= 11 is 0. The van der Waals surface area contributed by atoms with Crippen LogP contribution in [0.1, 0.15) is 30.6 Å². The highest BCUT2D eigenvalue weighted by atomic mass is 16.5. The van der Waals surface area contributed by atoms with Gasteiger partial charge < -0.3 is 30.1 Å². The first kappa shape index (κ1) is 22.2. The number of phenols is 2. The molecule has 0 bridgehead atoms.